The molecule has 0 unspecified atom stereocenters. The van der Waals surface area contributed by atoms with Crippen LogP contribution in [0, 0.1) is 72.0 Å². The normalized spacial score (nSPS) is 11.5. The number of benzene rings is 8. The van der Waals surface area contributed by atoms with E-state index < -0.39 is 104 Å². The molecule has 0 aliphatic carbocycles. The van der Waals surface area contributed by atoms with Crippen molar-refractivity contribution in [3.63, 3.8) is 0 Å². The van der Waals surface area contributed by atoms with Gasteiger partial charge in [0.2, 0.25) is 0 Å². The minimum absolute atomic E-state index is 0. The summed E-state index contributed by atoms with van der Waals surface area (Å²) in [7, 11) is 0. The first-order valence-corrected chi connectivity index (χ1v) is 24.3. The van der Waals surface area contributed by atoms with Gasteiger partial charge < -0.3 is 9.47 Å². The fourth-order valence-corrected chi connectivity index (χ4v) is 8.32. The van der Waals surface area contributed by atoms with E-state index >= 15 is 4.39 Å². The minimum Gasteiger partial charge on any atom is -0.429 e. The molecule has 0 saturated heterocycles. The molecule has 8 aromatic rings. The molecule has 0 saturated carbocycles. The molecular weight excluding hydrogens is 1040 g/mol. The zero-order valence-corrected chi connectivity index (χ0v) is 41.8. The summed E-state index contributed by atoms with van der Waals surface area (Å²) < 4.78 is 211. The van der Waals surface area contributed by atoms with Crippen LogP contribution in [0.15, 0.2) is 133 Å². The summed E-state index contributed by atoms with van der Waals surface area (Å²) in [6.07, 6.45) is -1.92. The average molecular weight is 1100 g/mol. The third-order valence-electron chi connectivity index (χ3n) is 12.7. The number of alkyl halides is 4. The minimum atomic E-state index is -4.62. The van der Waals surface area contributed by atoms with E-state index in [2.05, 4.69) is 23.3 Å². The van der Waals surface area contributed by atoms with Crippen LogP contribution in [0.2, 0.25) is 0 Å². The molecule has 0 atom stereocenters. The van der Waals surface area contributed by atoms with Crippen molar-refractivity contribution in [2.75, 3.05) is 0 Å². The number of hydrogen-bond donors (Lipinski definition) is 0. The van der Waals surface area contributed by atoms with Crippen molar-refractivity contribution < 1.29 is 70.9 Å². The maximum absolute atomic E-state index is 15.0. The maximum Gasteiger partial charge on any atom is 0.432 e. The highest BCUT2D eigenvalue weighted by molar-refractivity contribution is 5.73. The number of halogens is 14. The summed E-state index contributed by atoms with van der Waals surface area (Å²) in [5.41, 5.74) is -0.585. The Hall–Kier alpha value is -7.62. The lowest BCUT2D eigenvalue weighted by molar-refractivity contribution is -0.190. The summed E-state index contributed by atoms with van der Waals surface area (Å²) in [6.45, 7) is 6.39. The number of aryl methyl sites for hydroxylation is 2. The molecule has 0 aromatic heterocycles. The Bertz CT molecular complexity index is 3300. The second kappa shape index (κ2) is 25.2. The molecule has 0 spiro atoms. The van der Waals surface area contributed by atoms with Crippen LogP contribution in [-0.2, 0) is 25.1 Å². The van der Waals surface area contributed by atoms with E-state index in [1.807, 2.05) is 48.5 Å². The first kappa shape index (κ1) is 59.6. The van der Waals surface area contributed by atoms with Crippen molar-refractivity contribution in [3.05, 3.63) is 225 Å². The highest BCUT2D eigenvalue weighted by atomic mass is 19.3. The number of rotatable bonds is 17. The van der Waals surface area contributed by atoms with E-state index in [4.69, 9.17) is 0 Å². The van der Waals surface area contributed by atoms with Gasteiger partial charge in [-0.1, -0.05) is 113 Å². The molecule has 2 nitrogen and oxygen atoms in total. The predicted octanol–water partition coefficient (Wildman–Crippen LogP) is 20.0. The second-order valence-electron chi connectivity index (χ2n) is 18.2. The largest absolute Gasteiger partial charge is 0.432 e. The average Bonchev–Trinajstić information content (AvgIpc) is 3.36. The van der Waals surface area contributed by atoms with E-state index in [1.165, 1.54) is 24.3 Å². The highest BCUT2D eigenvalue weighted by Crippen LogP contribution is 2.41. The van der Waals surface area contributed by atoms with Gasteiger partial charge in [0.1, 0.15) is 80.8 Å². The summed E-state index contributed by atoms with van der Waals surface area (Å²) in [5.74, 6) is -15.1. The first-order chi connectivity index (χ1) is 36.5. The molecule has 8 aromatic carbocycles. The zero-order chi connectivity index (χ0) is 55.9. The first-order valence-electron chi connectivity index (χ1n) is 24.3. The highest BCUT2D eigenvalue weighted by Gasteiger charge is 2.43. The van der Waals surface area contributed by atoms with Crippen molar-refractivity contribution in [1.82, 2.24) is 0 Å². The molecule has 0 aliphatic rings. The summed E-state index contributed by atoms with van der Waals surface area (Å²) >= 11 is 0. The smallest absolute Gasteiger partial charge is 0.429 e. The van der Waals surface area contributed by atoms with Gasteiger partial charge in [-0.15, -0.1) is 0 Å². The van der Waals surface area contributed by atoms with Crippen LogP contribution in [0.4, 0.5) is 61.5 Å². The third-order valence-corrected chi connectivity index (χ3v) is 12.7. The fraction of sp³-hybridized carbons (Fsp3) is 0.226. The van der Waals surface area contributed by atoms with Gasteiger partial charge in [-0.3, -0.25) is 0 Å². The van der Waals surface area contributed by atoms with Gasteiger partial charge in [-0.25, -0.2) is 43.9 Å². The van der Waals surface area contributed by atoms with Crippen molar-refractivity contribution in [3.8, 4) is 56.0 Å². The Morgan fingerprint density at radius 1 is 0.333 bits per heavy atom. The quantitative estimate of drug-likeness (QED) is 0.0668. The molecule has 410 valence electrons. The van der Waals surface area contributed by atoms with Crippen molar-refractivity contribution in [2.24, 2.45) is 0 Å². The van der Waals surface area contributed by atoms with Gasteiger partial charge in [0.05, 0.1) is 0 Å². The Morgan fingerprint density at radius 3 is 0.936 bits per heavy atom. The standard InChI is InChI=1S/C31H25F7O.C30H23F7O.CH4/c1-3-4-5-6-19-7-9-20(10-8-19)21-11-12-24(27(34)13-21)22-14-28(35)30(29(36)15-22)31(37,38)39-23-16-25(32)18(2)26(33)17-23;1-3-4-5-18-6-8-19(9-7-18)20-10-11-23(26(33)12-20)21-13-27(34)29(28(35)14-21)30(36,37)38-22-15-24(31)17(2)25(32)16-22;/h7-17H,3-6H2,1-2H3;6-16H,3-5H2,1-2H3;1H4. The molecule has 0 radical (unpaired) electrons. The monoisotopic (exact) mass is 1090 g/mol. The lowest BCUT2D eigenvalue weighted by Gasteiger charge is -2.20. The van der Waals surface area contributed by atoms with Gasteiger partial charge in [-0.05, 0) is 120 Å². The molecule has 16 heteroatoms. The van der Waals surface area contributed by atoms with Crippen LogP contribution in [0.3, 0.4) is 0 Å². The Balaban J connectivity index is 0.000000249. The number of ether oxygens (including phenoxy) is 2. The topological polar surface area (TPSA) is 18.5 Å². The van der Waals surface area contributed by atoms with Gasteiger partial charge in [-0.2, -0.15) is 17.6 Å². The third kappa shape index (κ3) is 13.9. The Kier molecular flexibility index (Phi) is 19.3. The van der Waals surface area contributed by atoms with Crippen LogP contribution in [-0.4, -0.2) is 0 Å². The number of unbranched alkanes of at least 4 members (excludes halogenated alkanes) is 3. The van der Waals surface area contributed by atoms with Crippen LogP contribution in [0.5, 0.6) is 11.5 Å². The van der Waals surface area contributed by atoms with E-state index in [0.717, 1.165) is 81.0 Å². The van der Waals surface area contributed by atoms with E-state index in [9.17, 15) is 57.1 Å². The lowest BCUT2D eigenvalue weighted by Crippen LogP contribution is -2.25. The Labute approximate surface area is 442 Å². The molecule has 0 amide bonds. The molecule has 0 N–H and O–H groups in total. The van der Waals surface area contributed by atoms with Crippen LogP contribution < -0.4 is 9.47 Å². The second-order valence-corrected chi connectivity index (χ2v) is 18.2. The van der Waals surface area contributed by atoms with Gasteiger partial charge >= 0.3 is 12.2 Å². The molecule has 78 heavy (non-hydrogen) atoms. The maximum atomic E-state index is 15.0. The van der Waals surface area contributed by atoms with Crippen LogP contribution in [0.25, 0.3) is 44.5 Å². The van der Waals surface area contributed by atoms with E-state index in [1.54, 1.807) is 12.1 Å². The van der Waals surface area contributed by atoms with Crippen molar-refractivity contribution >= 4 is 0 Å². The Morgan fingerprint density at radius 2 is 0.628 bits per heavy atom. The van der Waals surface area contributed by atoms with E-state index in [-0.39, 0.29) is 29.7 Å². The summed E-state index contributed by atoms with van der Waals surface area (Å²) in [4.78, 5) is 0. The van der Waals surface area contributed by atoms with Crippen LogP contribution in [0.1, 0.15) is 86.8 Å². The zero-order valence-electron chi connectivity index (χ0n) is 41.8. The molecule has 0 fully saturated rings. The summed E-state index contributed by atoms with van der Waals surface area (Å²) in [6, 6.07) is 27.5. The predicted molar refractivity (Wildman–Crippen MR) is 274 cm³/mol. The lowest BCUT2D eigenvalue weighted by atomic mass is 9.97. The van der Waals surface area contributed by atoms with E-state index in [0.29, 0.717) is 59.7 Å². The van der Waals surface area contributed by atoms with Gasteiger partial charge in [0.25, 0.3) is 0 Å². The molecule has 8 rings (SSSR count). The summed E-state index contributed by atoms with van der Waals surface area (Å²) in [5, 5.41) is 0. The molecule has 0 aliphatic heterocycles. The van der Waals surface area contributed by atoms with Gasteiger partial charge in [0.15, 0.2) is 0 Å². The van der Waals surface area contributed by atoms with Crippen LogP contribution >= 0.6 is 0 Å². The number of hydrogen-bond acceptors (Lipinski definition) is 2. The fourth-order valence-electron chi connectivity index (χ4n) is 8.32. The van der Waals surface area contributed by atoms with Crippen molar-refractivity contribution in [2.45, 2.75) is 92.3 Å². The SMILES string of the molecule is C.CCCCCc1ccc(-c2ccc(-c3cc(F)c(C(F)(F)Oc4cc(F)c(C)c(F)c4)c(F)c3)c(F)c2)cc1.CCCCc1ccc(-c2ccc(-c3cc(F)c(C(F)(F)Oc4cc(F)c(C)c(F)c4)c(F)c3)c(F)c2)cc1. The molecule has 0 bridgehead atoms. The van der Waals surface area contributed by atoms with Crippen molar-refractivity contribution in [1.29, 1.82) is 0 Å². The van der Waals surface area contributed by atoms with Gasteiger partial charge in [0, 0.05) is 46.5 Å². The molecule has 0 heterocycles. The molecular formula is C62H52F14O2.